The third kappa shape index (κ3) is 5.05. The average Bonchev–Trinajstić information content (AvgIpc) is 2.70. The van der Waals surface area contributed by atoms with E-state index in [1.54, 1.807) is 6.92 Å². The van der Waals surface area contributed by atoms with Gasteiger partial charge in [0.1, 0.15) is 15.6 Å². The van der Waals surface area contributed by atoms with Crippen LogP contribution in [0.15, 0.2) is 0 Å². The van der Waals surface area contributed by atoms with Crippen LogP contribution in [0.2, 0.25) is 0 Å². The second-order valence-electron chi connectivity index (χ2n) is 3.75. The van der Waals surface area contributed by atoms with Gasteiger partial charge < -0.3 is 9.47 Å². The third-order valence-corrected chi connectivity index (χ3v) is 4.23. The Labute approximate surface area is 96.0 Å². The van der Waals surface area contributed by atoms with Crippen molar-refractivity contribution in [3.05, 3.63) is 0 Å². The lowest BCUT2D eigenvalue weighted by Crippen LogP contribution is -2.15. The number of sulfone groups is 1. The Kier molecular flexibility index (Phi) is 5.37. The first-order chi connectivity index (χ1) is 7.53. The van der Waals surface area contributed by atoms with Gasteiger partial charge in [-0.1, -0.05) is 6.92 Å². The van der Waals surface area contributed by atoms with Gasteiger partial charge >= 0.3 is 0 Å². The topological polar surface area (TPSA) is 69.7 Å². The van der Waals surface area contributed by atoms with Crippen molar-refractivity contribution in [2.75, 3.05) is 24.7 Å². The number of ether oxygens (including phenoxy) is 2. The van der Waals surface area contributed by atoms with Gasteiger partial charge in [-0.15, -0.1) is 0 Å². The molecule has 5 nitrogen and oxygen atoms in total. The van der Waals surface area contributed by atoms with E-state index in [0.29, 0.717) is 19.6 Å². The summed E-state index contributed by atoms with van der Waals surface area (Å²) in [4.78, 5) is 11.4. The fraction of sp³-hybridized carbons (Fsp3) is 0.900. The molecule has 0 aromatic rings. The SMILES string of the molecule is CCS(=O)(=O)CCCC(=O)CC1OCCO1. The van der Waals surface area contributed by atoms with E-state index in [1.807, 2.05) is 0 Å². The molecule has 0 aromatic heterocycles. The van der Waals surface area contributed by atoms with Crippen LogP contribution in [-0.2, 0) is 24.1 Å². The highest BCUT2D eigenvalue weighted by Gasteiger charge is 2.19. The van der Waals surface area contributed by atoms with Crippen molar-refractivity contribution >= 4 is 15.6 Å². The molecule has 94 valence electrons. The molecule has 1 heterocycles. The molecule has 0 aromatic carbocycles. The van der Waals surface area contributed by atoms with Crippen LogP contribution < -0.4 is 0 Å². The Hall–Kier alpha value is -0.460. The highest BCUT2D eigenvalue weighted by molar-refractivity contribution is 7.91. The summed E-state index contributed by atoms with van der Waals surface area (Å²) in [5, 5.41) is 0. The third-order valence-electron chi connectivity index (χ3n) is 2.44. The maximum Gasteiger partial charge on any atom is 0.164 e. The lowest BCUT2D eigenvalue weighted by Gasteiger charge is -2.07. The summed E-state index contributed by atoms with van der Waals surface area (Å²) < 4.78 is 32.6. The van der Waals surface area contributed by atoms with E-state index in [1.165, 1.54) is 0 Å². The molecule has 0 spiro atoms. The zero-order valence-electron chi connectivity index (χ0n) is 9.48. The summed E-state index contributed by atoms with van der Waals surface area (Å²) in [5.74, 6) is 0.218. The molecule has 0 N–H and O–H groups in total. The Morgan fingerprint density at radius 1 is 1.31 bits per heavy atom. The molecule has 1 aliphatic heterocycles. The fourth-order valence-electron chi connectivity index (χ4n) is 1.45. The van der Waals surface area contributed by atoms with Crippen LogP contribution in [0.25, 0.3) is 0 Å². The van der Waals surface area contributed by atoms with E-state index in [0.717, 1.165) is 0 Å². The molecule has 16 heavy (non-hydrogen) atoms. The second-order valence-corrected chi connectivity index (χ2v) is 6.23. The van der Waals surface area contributed by atoms with Gasteiger partial charge in [0, 0.05) is 12.2 Å². The number of hydrogen-bond acceptors (Lipinski definition) is 5. The first-order valence-corrected chi connectivity index (χ1v) is 7.31. The summed E-state index contributed by atoms with van der Waals surface area (Å²) in [6, 6.07) is 0. The van der Waals surface area contributed by atoms with Gasteiger partial charge in [0.15, 0.2) is 6.29 Å². The summed E-state index contributed by atoms with van der Waals surface area (Å²) in [5.41, 5.74) is 0. The average molecular weight is 250 g/mol. The largest absolute Gasteiger partial charge is 0.350 e. The van der Waals surface area contributed by atoms with Gasteiger partial charge in [0.2, 0.25) is 0 Å². The minimum atomic E-state index is -2.96. The number of carbonyl (C=O) groups is 1. The van der Waals surface area contributed by atoms with Gasteiger partial charge in [0.05, 0.1) is 25.4 Å². The molecule has 0 atom stereocenters. The molecular weight excluding hydrogens is 232 g/mol. The van der Waals surface area contributed by atoms with Gasteiger partial charge in [0.25, 0.3) is 0 Å². The molecule has 1 aliphatic rings. The highest BCUT2D eigenvalue weighted by Crippen LogP contribution is 2.10. The molecule has 1 saturated heterocycles. The van der Waals surface area contributed by atoms with Crippen LogP contribution in [-0.4, -0.2) is 45.2 Å². The Bertz CT molecular complexity index is 316. The number of Topliss-reactive ketones (excluding diaryl/α,β-unsaturated/α-hetero) is 1. The number of hydrogen-bond donors (Lipinski definition) is 0. The quantitative estimate of drug-likeness (QED) is 0.659. The standard InChI is InChI=1S/C10H18O5S/c1-2-16(12,13)7-3-4-9(11)8-10-14-5-6-15-10/h10H,2-8H2,1H3. The van der Waals surface area contributed by atoms with E-state index >= 15 is 0 Å². The van der Waals surface area contributed by atoms with Crippen molar-refractivity contribution in [1.82, 2.24) is 0 Å². The number of ketones is 1. The second kappa shape index (κ2) is 6.32. The van der Waals surface area contributed by atoms with E-state index < -0.39 is 16.1 Å². The Balaban J connectivity index is 2.15. The smallest absolute Gasteiger partial charge is 0.164 e. The summed E-state index contributed by atoms with van der Waals surface area (Å²) in [7, 11) is -2.96. The van der Waals surface area contributed by atoms with Crippen LogP contribution in [0.5, 0.6) is 0 Å². The Morgan fingerprint density at radius 2 is 1.94 bits per heavy atom. The highest BCUT2D eigenvalue weighted by atomic mass is 32.2. The van der Waals surface area contributed by atoms with E-state index in [2.05, 4.69) is 0 Å². The van der Waals surface area contributed by atoms with Crippen molar-refractivity contribution in [2.24, 2.45) is 0 Å². The minimum Gasteiger partial charge on any atom is -0.350 e. The van der Waals surface area contributed by atoms with Crippen LogP contribution in [0.3, 0.4) is 0 Å². The monoisotopic (exact) mass is 250 g/mol. The first kappa shape index (κ1) is 13.6. The molecule has 0 saturated carbocycles. The van der Waals surface area contributed by atoms with E-state index in [9.17, 15) is 13.2 Å². The molecule has 0 aliphatic carbocycles. The molecule has 1 fully saturated rings. The lowest BCUT2D eigenvalue weighted by atomic mass is 10.2. The van der Waals surface area contributed by atoms with E-state index in [4.69, 9.17) is 9.47 Å². The molecule has 6 heteroatoms. The molecule has 0 unspecified atom stereocenters. The lowest BCUT2D eigenvalue weighted by molar-refractivity contribution is -0.127. The first-order valence-electron chi connectivity index (χ1n) is 5.49. The number of carbonyl (C=O) groups excluding carboxylic acids is 1. The minimum absolute atomic E-state index is 0.00166. The van der Waals surface area contributed by atoms with Gasteiger partial charge in [-0.25, -0.2) is 8.42 Å². The predicted octanol–water partition coefficient (Wildman–Crippen LogP) is 0.533. The van der Waals surface area contributed by atoms with Crippen molar-refractivity contribution < 1.29 is 22.7 Å². The Morgan fingerprint density at radius 3 is 2.50 bits per heavy atom. The maximum atomic E-state index is 11.4. The fourth-order valence-corrected chi connectivity index (χ4v) is 2.32. The summed E-state index contributed by atoms with van der Waals surface area (Å²) in [6.45, 7) is 2.67. The van der Waals surface area contributed by atoms with Gasteiger partial charge in [-0.05, 0) is 6.42 Å². The van der Waals surface area contributed by atoms with E-state index in [-0.39, 0.29) is 30.1 Å². The van der Waals surface area contributed by atoms with Crippen molar-refractivity contribution in [3.63, 3.8) is 0 Å². The van der Waals surface area contributed by atoms with Crippen molar-refractivity contribution in [2.45, 2.75) is 32.5 Å². The molecular formula is C10H18O5S. The predicted molar refractivity (Wildman–Crippen MR) is 58.9 cm³/mol. The zero-order chi connectivity index (χ0) is 12.0. The maximum absolute atomic E-state index is 11.4. The molecule has 0 bridgehead atoms. The van der Waals surface area contributed by atoms with Crippen molar-refractivity contribution in [3.8, 4) is 0 Å². The van der Waals surface area contributed by atoms with Crippen LogP contribution >= 0.6 is 0 Å². The van der Waals surface area contributed by atoms with Gasteiger partial charge in [-0.3, -0.25) is 4.79 Å². The normalized spacial score (nSPS) is 17.8. The van der Waals surface area contributed by atoms with Gasteiger partial charge in [-0.2, -0.15) is 0 Å². The van der Waals surface area contributed by atoms with Crippen LogP contribution in [0.1, 0.15) is 26.2 Å². The zero-order valence-corrected chi connectivity index (χ0v) is 10.3. The molecule has 1 rings (SSSR count). The van der Waals surface area contributed by atoms with Crippen LogP contribution in [0, 0.1) is 0 Å². The molecule has 0 radical (unpaired) electrons. The van der Waals surface area contributed by atoms with Crippen molar-refractivity contribution in [1.29, 1.82) is 0 Å². The van der Waals surface area contributed by atoms with Crippen LogP contribution in [0.4, 0.5) is 0 Å². The number of rotatable bonds is 7. The summed E-state index contributed by atoms with van der Waals surface area (Å²) >= 11 is 0. The molecule has 0 amide bonds. The summed E-state index contributed by atoms with van der Waals surface area (Å²) in [6.07, 6.45) is 0.478.